The molecule has 2 heterocycles. The van der Waals surface area contributed by atoms with E-state index in [1.54, 1.807) is 24.3 Å². The zero-order chi connectivity index (χ0) is 25.9. The molecule has 0 aliphatic carbocycles. The van der Waals surface area contributed by atoms with Gasteiger partial charge in [-0.2, -0.15) is 0 Å². The summed E-state index contributed by atoms with van der Waals surface area (Å²) in [6.45, 7) is 1.90. The van der Waals surface area contributed by atoms with E-state index in [1.165, 1.54) is 6.07 Å². The fourth-order valence-corrected chi connectivity index (χ4v) is 5.19. The van der Waals surface area contributed by atoms with Crippen LogP contribution in [0, 0.1) is 5.82 Å². The van der Waals surface area contributed by atoms with Gasteiger partial charge in [0.05, 0.1) is 17.5 Å². The molecule has 0 saturated carbocycles. The van der Waals surface area contributed by atoms with Crippen LogP contribution in [0.15, 0.2) is 90.0 Å². The van der Waals surface area contributed by atoms with Gasteiger partial charge in [-0.1, -0.05) is 66.7 Å². The van der Waals surface area contributed by atoms with Crippen LogP contribution in [0.25, 0.3) is 17.0 Å². The Balaban J connectivity index is 1.37. The minimum absolute atomic E-state index is 0.0975. The Kier molecular flexibility index (Phi) is 6.92. The summed E-state index contributed by atoms with van der Waals surface area (Å²) in [4.78, 5) is 39.8. The number of imide groups is 1. The highest BCUT2D eigenvalue weighted by molar-refractivity contribution is 8.18. The molecule has 1 aliphatic rings. The van der Waals surface area contributed by atoms with Crippen molar-refractivity contribution in [2.75, 3.05) is 0 Å². The highest BCUT2D eigenvalue weighted by Gasteiger charge is 2.35. The number of aromatic nitrogens is 1. The Labute approximate surface area is 217 Å². The van der Waals surface area contributed by atoms with Crippen molar-refractivity contribution in [1.82, 2.24) is 14.8 Å². The van der Waals surface area contributed by atoms with Crippen LogP contribution in [0.4, 0.5) is 9.18 Å². The van der Waals surface area contributed by atoms with Crippen molar-refractivity contribution >= 4 is 45.8 Å². The molecule has 0 bridgehead atoms. The lowest BCUT2D eigenvalue weighted by molar-refractivity contribution is -0.123. The maximum Gasteiger partial charge on any atom is 0.293 e. The van der Waals surface area contributed by atoms with E-state index in [-0.39, 0.29) is 35.5 Å². The number of carbonyl (C=O) groups is 3. The molecule has 186 valence electrons. The molecule has 1 aromatic heterocycles. The topological polar surface area (TPSA) is 71.4 Å². The molecule has 1 unspecified atom stereocenters. The van der Waals surface area contributed by atoms with Crippen molar-refractivity contribution in [2.45, 2.75) is 26.1 Å². The van der Waals surface area contributed by atoms with Crippen LogP contribution < -0.4 is 5.32 Å². The molecule has 6 nitrogen and oxygen atoms in total. The van der Waals surface area contributed by atoms with Gasteiger partial charge in [0.1, 0.15) is 12.4 Å². The van der Waals surface area contributed by atoms with E-state index in [4.69, 9.17) is 0 Å². The monoisotopic (exact) mass is 513 g/mol. The van der Waals surface area contributed by atoms with Crippen molar-refractivity contribution in [3.63, 3.8) is 0 Å². The van der Waals surface area contributed by atoms with Crippen LogP contribution in [0.1, 0.15) is 29.7 Å². The summed E-state index contributed by atoms with van der Waals surface area (Å²) in [6.07, 6.45) is 3.47. The number of hydrogen-bond acceptors (Lipinski definition) is 4. The van der Waals surface area contributed by atoms with Crippen molar-refractivity contribution in [3.8, 4) is 0 Å². The van der Waals surface area contributed by atoms with Crippen LogP contribution in [0.3, 0.4) is 0 Å². The van der Waals surface area contributed by atoms with E-state index in [2.05, 4.69) is 5.32 Å². The van der Waals surface area contributed by atoms with Crippen molar-refractivity contribution in [2.24, 2.45) is 0 Å². The molecular weight excluding hydrogens is 489 g/mol. The second-order valence-electron chi connectivity index (χ2n) is 8.79. The van der Waals surface area contributed by atoms with Crippen LogP contribution in [-0.2, 0) is 22.7 Å². The van der Waals surface area contributed by atoms with Crippen molar-refractivity contribution < 1.29 is 18.8 Å². The molecular formula is C29H24FN3O3S. The lowest BCUT2D eigenvalue weighted by Gasteiger charge is -2.15. The average Bonchev–Trinajstić information content (AvgIpc) is 3.37. The number of amides is 3. The molecule has 8 heteroatoms. The second-order valence-corrected chi connectivity index (χ2v) is 9.78. The molecule has 1 aliphatic heterocycles. The van der Waals surface area contributed by atoms with E-state index >= 15 is 0 Å². The van der Waals surface area contributed by atoms with Gasteiger partial charge in [0, 0.05) is 28.2 Å². The average molecular weight is 514 g/mol. The lowest BCUT2D eigenvalue weighted by Crippen LogP contribution is -2.29. The molecule has 1 saturated heterocycles. The van der Waals surface area contributed by atoms with Gasteiger partial charge in [-0.15, -0.1) is 0 Å². The zero-order valence-corrected chi connectivity index (χ0v) is 20.9. The minimum atomic E-state index is -0.468. The molecule has 1 atom stereocenters. The Morgan fingerprint density at radius 3 is 2.49 bits per heavy atom. The second kappa shape index (κ2) is 10.4. The van der Waals surface area contributed by atoms with E-state index in [0.29, 0.717) is 0 Å². The summed E-state index contributed by atoms with van der Waals surface area (Å²) < 4.78 is 15.9. The van der Waals surface area contributed by atoms with Crippen LogP contribution in [0.5, 0.6) is 0 Å². The number of benzene rings is 3. The van der Waals surface area contributed by atoms with Gasteiger partial charge in [-0.3, -0.25) is 19.3 Å². The fourth-order valence-electron chi connectivity index (χ4n) is 4.36. The first-order chi connectivity index (χ1) is 17.9. The first-order valence-corrected chi connectivity index (χ1v) is 12.6. The number of carbonyl (C=O) groups excluding carboxylic acids is 3. The third-order valence-electron chi connectivity index (χ3n) is 6.26. The molecule has 1 fully saturated rings. The maximum absolute atomic E-state index is 14.1. The van der Waals surface area contributed by atoms with E-state index < -0.39 is 17.0 Å². The third kappa shape index (κ3) is 5.20. The van der Waals surface area contributed by atoms with Gasteiger partial charge >= 0.3 is 0 Å². The van der Waals surface area contributed by atoms with Crippen LogP contribution in [-0.4, -0.2) is 26.5 Å². The zero-order valence-electron chi connectivity index (χ0n) is 20.1. The molecule has 0 radical (unpaired) electrons. The smallest absolute Gasteiger partial charge is 0.293 e. The van der Waals surface area contributed by atoms with Crippen LogP contribution in [0.2, 0.25) is 0 Å². The van der Waals surface area contributed by atoms with E-state index in [0.717, 1.165) is 38.7 Å². The summed E-state index contributed by atoms with van der Waals surface area (Å²) in [5.41, 5.74) is 2.84. The highest BCUT2D eigenvalue weighted by atomic mass is 32.2. The number of nitrogens with zero attached hydrogens (tertiary/aromatic N) is 2. The largest absolute Gasteiger partial charge is 0.348 e. The van der Waals surface area contributed by atoms with Gasteiger partial charge in [0.25, 0.3) is 11.1 Å². The Morgan fingerprint density at radius 2 is 1.70 bits per heavy atom. The highest BCUT2D eigenvalue weighted by Crippen LogP contribution is 2.35. The van der Waals surface area contributed by atoms with Crippen molar-refractivity contribution in [1.29, 1.82) is 0 Å². The molecule has 37 heavy (non-hydrogen) atoms. The number of thioether (sulfide) groups is 1. The van der Waals surface area contributed by atoms with E-state index in [9.17, 15) is 18.8 Å². The normalized spacial score (nSPS) is 15.5. The third-order valence-corrected chi connectivity index (χ3v) is 7.16. The molecule has 3 amide bonds. The predicted octanol–water partition coefficient (Wildman–Crippen LogP) is 5.89. The van der Waals surface area contributed by atoms with Gasteiger partial charge in [-0.05, 0) is 42.5 Å². The van der Waals surface area contributed by atoms with Crippen LogP contribution >= 0.6 is 11.8 Å². The summed E-state index contributed by atoms with van der Waals surface area (Å²) in [5.74, 6) is -1.08. The van der Waals surface area contributed by atoms with Gasteiger partial charge in [-0.25, -0.2) is 4.39 Å². The number of halogens is 1. The quantitative estimate of drug-likeness (QED) is 0.313. The summed E-state index contributed by atoms with van der Waals surface area (Å²) >= 11 is 0.827. The molecule has 0 spiro atoms. The Morgan fingerprint density at radius 1 is 1.00 bits per heavy atom. The number of para-hydroxylation sites is 1. The van der Waals surface area contributed by atoms with Crippen molar-refractivity contribution in [3.05, 3.63) is 112 Å². The SMILES string of the molecule is CC(NC(=O)Cn1cc(/C=C2\SC(=O)N(Cc3ccccc3F)C2=O)c2ccccc21)c1ccccc1. The van der Waals surface area contributed by atoms with Gasteiger partial charge in [0.2, 0.25) is 5.91 Å². The molecule has 1 N–H and O–H groups in total. The Bertz CT molecular complexity index is 1530. The maximum atomic E-state index is 14.1. The van der Waals surface area contributed by atoms with E-state index in [1.807, 2.05) is 72.3 Å². The first kappa shape index (κ1) is 24.5. The summed E-state index contributed by atoms with van der Waals surface area (Å²) in [5, 5.41) is 3.43. The molecule has 5 rings (SSSR count). The number of fused-ring (bicyclic) bond motifs is 1. The Hall–Kier alpha value is -4.17. The molecule has 3 aromatic carbocycles. The fraction of sp³-hybridized carbons (Fsp3) is 0.138. The first-order valence-electron chi connectivity index (χ1n) is 11.8. The standard InChI is InChI=1S/C29H24FN3O3S/c1-19(20-9-3-2-4-10-20)31-27(34)18-32-16-22(23-12-6-8-14-25(23)32)15-26-28(35)33(29(36)37-26)17-21-11-5-7-13-24(21)30/h2-16,19H,17-18H2,1H3,(H,31,34)/b26-15-. The predicted molar refractivity (Wildman–Crippen MR) is 143 cm³/mol. The van der Waals surface area contributed by atoms with Gasteiger partial charge < -0.3 is 9.88 Å². The minimum Gasteiger partial charge on any atom is -0.348 e. The number of rotatable bonds is 7. The van der Waals surface area contributed by atoms with Gasteiger partial charge in [0.15, 0.2) is 0 Å². The summed E-state index contributed by atoms with van der Waals surface area (Å²) in [7, 11) is 0. The summed E-state index contributed by atoms with van der Waals surface area (Å²) in [6, 6.07) is 23.2. The number of hydrogen-bond donors (Lipinski definition) is 1. The lowest BCUT2D eigenvalue weighted by atomic mass is 10.1. The number of nitrogens with one attached hydrogen (secondary N) is 1. The molecule has 4 aromatic rings.